The van der Waals surface area contributed by atoms with Crippen molar-refractivity contribution in [2.75, 3.05) is 24.5 Å². The maximum absolute atomic E-state index is 11.3. The SMILES string of the molecule is CC1CCCN1C1CCN(c2ccc([N+](=O)[O-])c3cnccc23)CC1. The van der Waals surface area contributed by atoms with Crippen LogP contribution in [-0.4, -0.2) is 46.5 Å². The molecule has 6 nitrogen and oxygen atoms in total. The van der Waals surface area contributed by atoms with Crippen LogP contribution in [0.2, 0.25) is 0 Å². The number of nitrogens with zero attached hydrogens (tertiary/aromatic N) is 4. The molecule has 1 atom stereocenters. The fraction of sp³-hybridized carbons (Fsp3) is 0.526. The van der Waals surface area contributed by atoms with Crippen LogP contribution < -0.4 is 4.90 Å². The average Bonchev–Trinajstić information content (AvgIpc) is 3.07. The molecule has 2 aliphatic heterocycles. The number of pyridine rings is 1. The first-order chi connectivity index (χ1) is 12.1. The van der Waals surface area contributed by atoms with Crippen LogP contribution in [0.3, 0.4) is 0 Å². The number of piperidine rings is 1. The first kappa shape index (κ1) is 16.3. The Kier molecular flexibility index (Phi) is 4.29. The lowest BCUT2D eigenvalue weighted by atomic mass is 10.0. The molecule has 1 aromatic carbocycles. The van der Waals surface area contributed by atoms with Gasteiger partial charge in [0.1, 0.15) is 0 Å². The lowest BCUT2D eigenvalue weighted by Crippen LogP contribution is -2.46. The Morgan fingerprint density at radius 2 is 1.92 bits per heavy atom. The number of aromatic nitrogens is 1. The Bertz CT molecular complexity index is 786. The predicted molar refractivity (Wildman–Crippen MR) is 99.0 cm³/mol. The summed E-state index contributed by atoms with van der Waals surface area (Å²) in [6, 6.07) is 6.81. The molecule has 0 spiro atoms. The van der Waals surface area contributed by atoms with Crippen molar-refractivity contribution in [2.24, 2.45) is 0 Å². The molecule has 2 saturated heterocycles. The number of anilines is 1. The third kappa shape index (κ3) is 2.95. The van der Waals surface area contributed by atoms with Gasteiger partial charge in [-0.3, -0.25) is 20.0 Å². The summed E-state index contributed by atoms with van der Waals surface area (Å²) in [5.41, 5.74) is 1.23. The van der Waals surface area contributed by atoms with E-state index >= 15 is 0 Å². The van der Waals surface area contributed by atoms with Gasteiger partial charge >= 0.3 is 0 Å². The second-order valence-electron chi connectivity index (χ2n) is 7.23. The summed E-state index contributed by atoms with van der Waals surface area (Å²) < 4.78 is 0. The average molecular weight is 340 g/mol. The number of likely N-dealkylation sites (tertiary alicyclic amines) is 1. The molecule has 6 heteroatoms. The molecule has 0 aliphatic carbocycles. The summed E-state index contributed by atoms with van der Waals surface area (Å²) in [6.45, 7) is 5.58. The van der Waals surface area contributed by atoms with Gasteiger partial charge in [-0.15, -0.1) is 0 Å². The fourth-order valence-electron chi connectivity index (χ4n) is 4.53. The van der Waals surface area contributed by atoms with Crippen LogP contribution >= 0.6 is 0 Å². The third-order valence-corrected chi connectivity index (χ3v) is 5.85. The van der Waals surface area contributed by atoms with Crippen LogP contribution in [0.1, 0.15) is 32.6 Å². The number of nitro groups is 1. The predicted octanol–water partition coefficient (Wildman–Crippen LogP) is 3.60. The molecule has 132 valence electrons. The van der Waals surface area contributed by atoms with E-state index in [1.807, 2.05) is 12.1 Å². The van der Waals surface area contributed by atoms with E-state index in [2.05, 4.69) is 21.7 Å². The Balaban J connectivity index is 1.57. The Labute approximate surface area is 147 Å². The van der Waals surface area contributed by atoms with Crippen LogP contribution in [0, 0.1) is 10.1 Å². The summed E-state index contributed by atoms with van der Waals surface area (Å²) in [7, 11) is 0. The van der Waals surface area contributed by atoms with E-state index in [9.17, 15) is 10.1 Å². The zero-order chi connectivity index (χ0) is 17.4. The van der Waals surface area contributed by atoms with Gasteiger partial charge in [0.25, 0.3) is 5.69 Å². The maximum atomic E-state index is 11.3. The Morgan fingerprint density at radius 1 is 1.12 bits per heavy atom. The molecule has 0 saturated carbocycles. The normalized spacial score (nSPS) is 22.6. The third-order valence-electron chi connectivity index (χ3n) is 5.85. The smallest absolute Gasteiger partial charge is 0.278 e. The molecule has 0 bridgehead atoms. The van der Waals surface area contributed by atoms with Gasteiger partial charge in [-0.2, -0.15) is 0 Å². The standard InChI is InChI=1S/C19H24N4O2/c1-14-3-2-10-22(14)15-7-11-21(12-8-15)18-4-5-19(23(24)25)17-13-20-9-6-16(17)18/h4-6,9,13-15H,2-3,7-8,10-12H2,1H3. The highest BCUT2D eigenvalue weighted by Gasteiger charge is 2.31. The zero-order valence-corrected chi connectivity index (χ0v) is 14.6. The van der Waals surface area contributed by atoms with Crippen molar-refractivity contribution in [2.45, 2.75) is 44.7 Å². The van der Waals surface area contributed by atoms with Crippen molar-refractivity contribution in [3.63, 3.8) is 0 Å². The van der Waals surface area contributed by atoms with Crippen molar-refractivity contribution in [1.29, 1.82) is 0 Å². The quantitative estimate of drug-likeness (QED) is 0.631. The minimum atomic E-state index is -0.325. The van der Waals surface area contributed by atoms with Crippen molar-refractivity contribution in [3.8, 4) is 0 Å². The van der Waals surface area contributed by atoms with E-state index in [0.29, 0.717) is 17.5 Å². The van der Waals surface area contributed by atoms with Crippen LogP contribution in [-0.2, 0) is 0 Å². The van der Waals surface area contributed by atoms with Crippen LogP contribution in [0.4, 0.5) is 11.4 Å². The van der Waals surface area contributed by atoms with Gasteiger partial charge in [-0.05, 0) is 51.3 Å². The van der Waals surface area contributed by atoms with Crippen molar-refractivity contribution >= 4 is 22.1 Å². The molecule has 3 heterocycles. The van der Waals surface area contributed by atoms with Crippen molar-refractivity contribution in [1.82, 2.24) is 9.88 Å². The minimum absolute atomic E-state index is 0.132. The van der Waals surface area contributed by atoms with Crippen LogP contribution in [0.25, 0.3) is 10.8 Å². The van der Waals surface area contributed by atoms with E-state index in [1.54, 1.807) is 18.5 Å². The highest BCUT2D eigenvalue weighted by molar-refractivity contribution is 5.99. The largest absolute Gasteiger partial charge is 0.371 e. The highest BCUT2D eigenvalue weighted by atomic mass is 16.6. The molecule has 4 rings (SSSR count). The van der Waals surface area contributed by atoms with Gasteiger partial charge in [0, 0.05) is 54.7 Å². The highest BCUT2D eigenvalue weighted by Crippen LogP contribution is 2.35. The molecular weight excluding hydrogens is 316 g/mol. The molecule has 0 N–H and O–H groups in total. The van der Waals surface area contributed by atoms with Gasteiger partial charge in [0.2, 0.25) is 0 Å². The van der Waals surface area contributed by atoms with E-state index in [1.165, 1.54) is 19.4 Å². The summed E-state index contributed by atoms with van der Waals surface area (Å²) in [5, 5.41) is 12.8. The minimum Gasteiger partial charge on any atom is -0.371 e. The summed E-state index contributed by atoms with van der Waals surface area (Å²) in [5.74, 6) is 0. The fourth-order valence-corrected chi connectivity index (χ4v) is 4.53. The van der Waals surface area contributed by atoms with Gasteiger partial charge in [-0.1, -0.05) is 0 Å². The molecule has 2 aliphatic rings. The zero-order valence-electron chi connectivity index (χ0n) is 14.6. The molecule has 25 heavy (non-hydrogen) atoms. The topological polar surface area (TPSA) is 62.5 Å². The number of hydrogen-bond acceptors (Lipinski definition) is 5. The van der Waals surface area contributed by atoms with Crippen molar-refractivity contribution in [3.05, 3.63) is 40.7 Å². The van der Waals surface area contributed by atoms with Gasteiger partial charge in [0.05, 0.1) is 10.3 Å². The van der Waals surface area contributed by atoms with Gasteiger partial charge in [-0.25, -0.2) is 0 Å². The first-order valence-corrected chi connectivity index (χ1v) is 9.17. The van der Waals surface area contributed by atoms with Crippen LogP contribution in [0.5, 0.6) is 0 Å². The summed E-state index contributed by atoms with van der Waals surface area (Å²) >= 11 is 0. The second-order valence-corrected chi connectivity index (χ2v) is 7.23. The number of rotatable bonds is 3. The Morgan fingerprint density at radius 3 is 2.60 bits per heavy atom. The van der Waals surface area contributed by atoms with Crippen molar-refractivity contribution < 1.29 is 4.92 Å². The summed E-state index contributed by atoms with van der Waals surface area (Å²) in [6.07, 6.45) is 8.28. The number of non-ortho nitro benzene ring substituents is 1. The van der Waals surface area contributed by atoms with E-state index < -0.39 is 0 Å². The second kappa shape index (κ2) is 6.59. The molecule has 2 fully saturated rings. The number of nitro benzene ring substituents is 1. The van der Waals surface area contributed by atoms with Gasteiger partial charge < -0.3 is 4.90 Å². The molecule has 0 amide bonds. The van der Waals surface area contributed by atoms with E-state index in [4.69, 9.17) is 0 Å². The lowest BCUT2D eigenvalue weighted by Gasteiger charge is -2.39. The first-order valence-electron chi connectivity index (χ1n) is 9.17. The summed E-state index contributed by atoms with van der Waals surface area (Å²) in [4.78, 5) is 20.1. The maximum Gasteiger partial charge on any atom is 0.278 e. The van der Waals surface area contributed by atoms with Crippen LogP contribution in [0.15, 0.2) is 30.6 Å². The lowest BCUT2D eigenvalue weighted by molar-refractivity contribution is -0.383. The molecular formula is C19H24N4O2. The van der Waals surface area contributed by atoms with Gasteiger partial charge in [0.15, 0.2) is 0 Å². The monoisotopic (exact) mass is 340 g/mol. The van der Waals surface area contributed by atoms with E-state index in [0.717, 1.165) is 37.0 Å². The number of fused-ring (bicyclic) bond motifs is 1. The molecule has 0 radical (unpaired) electrons. The van der Waals surface area contributed by atoms with E-state index in [-0.39, 0.29) is 10.6 Å². The Hall–Kier alpha value is -2.21. The molecule has 2 aromatic rings. The molecule has 1 unspecified atom stereocenters. The number of hydrogen-bond donors (Lipinski definition) is 0. The molecule has 1 aromatic heterocycles. The number of benzene rings is 1.